The first-order valence-corrected chi connectivity index (χ1v) is 11.8. The second-order valence-corrected chi connectivity index (χ2v) is 9.35. The molecule has 0 aliphatic rings. The SMILES string of the molecule is CC(=O)Nc1ccc(C(=O)NNC(=O)c2ccc(CSc3nc4ccccc4s3)cc2)cc1. The van der Waals surface area contributed by atoms with Crippen LogP contribution in [-0.4, -0.2) is 22.7 Å². The lowest BCUT2D eigenvalue weighted by Gasteiger charge is -2.09. The number of hydrogen-bond donors (Lipinski definition) is 3. The number of anilines is 1. The Hall–Kier alpha value is -3.69. The van der Waals surface area contributed by atoms with Crippen molar-refractivity contribution in [1.82, 2.24) is 15.8 Å². The van der Waals surface area contributed by atoms with E-state index in [4.69, 9.17) is 0 Å². The molecule has 0 unspecified atom stereocenters. The van der Waals surface area contributed by atoms with E-state index in [2.05, 4.69) is 27.2 Å². The molecule has 1 heterocycles. The molecule has 0 saturated carbocycles. The average molecular weight is 477 g/mol. The van der Waals surface area contributed by atoms with Gasteiger partial charge in [0.15, 0.2) is 4.34 Å². The van der Waals surface area contributed by atoms with E-state index in [1.807, 2.05) is 30.3 Å². The number of carbonyl (C=O) groups is 3. The first-order valence-electron chi connectivity index (χ1n) is 10.0. The monoisotopic (exact) mass is 476 g/mol. The minimum Gasteiger partial charge on any atom is -0.326 e. The largest absolute Gasteiger partial charge is 0.326 e. The highest BCUT2D eigenvalue weighted by Crippen LogP contribution is 2.31. The number of hydrazine groups is 1. The number of aromatic nitrogens is 1. The van der Waals surface area contributed by atoms with Gasteiger partial charge in [-0.25, -0.2) is 4.98 Å². The minimum atomic E-state index is -0.457. The summed E-state index contributed by atoms with van der Waals surface area (Å²) in [4.78, 5) is 40.3. The van der Waals surface area contributed by atoms with Crippen molar-refractivity contribution in [3.63, 3.8) is 0 Å². The smallest absolute Gasteiger partial charge is 0.269 e. The number of thioether (sulfide) groups is 1. The Morgan fingerprint density at radius 2 is 1.45 bits per heavy atom. The van der Waals surface area contributed by atoms with Gasteiger partial charge in [-0.05, 0) is 54.1 Å². The van der Waals surface area contributed by atoms with Crippen LogP contribution in [0.1, 0.15) is 33.2 Å². The Morgan fingerprint density at radius 1 is 0.848 bits per heavy atom. The summed E-state index contributed by atoms with van der Waals surface area (Å²) in [6.07, 6.45) is 0. The second kappa shape index (κ2) is 10.3. The van der Waals surface area contributed by atoms with Gasteiger partial charge in [0, 0.05) is 29.5 Å². The van der Waals surface area contributed by atoms with Crippen LogP contribution in [0, 0.1) is 0 Å². The van der Waals surface area contributed by atoms with Gasteiger partial charge >= 0.3 is 0 Å². The van der Waals surface area contributed by atoms with Crippen molar-refractivity contribution < 1.29 is 14.4 Å². The van der Waals surface area contributed by atoms with Gasteiger partial charge in [0.1, 0.15) is 0 Å². The summed E-state index contributed by atoms with van der Waals surface area (Å²) in [6.45, 7) is 1.41. The van der Waals surface area contributed by atoms with Crippen LogP contribution in [0.3, 0.4) is 0 Å². The lowest BCUT2D eigenvalue weighted by atomic mass is 10.1. The molecule has 0 spiro atoms. The highest BCUT2D eigenvalue weighted by atomic mass is 32.2. The van der Waals surface area contributed by atoms with Gasteiger partial charge in [-0.3, -0.25) is 25.2 Å². The molecule has 4 rings (SSSR count). The Kier molecular flexibility index (Phi) is 7.01. The zero-order valence-corrected chi connectivity index (χ0v) is 19.3. The number of nitrogens with zero attached hydrogens (tertiary/aromatic N) is 1. The van der Waals surface area contributed by atoms with E-state index in [-0.39, 0.29) is 5.91 Å². The summed E-state index contributed by atoms with van der Waals surface area (Å²) < 4.78 is 2.17. The van der Waals surface area contributed by atoms with Crippen LogP contribution >= 0.6 is 23.1 Å². The van der Waals surface area contributed by atoms with Crippen molar-refractivity contribution >= 4 is 56.7 Å². The molecule has 7 nitrogen and oxygen atoms in total. The third-order valence-electron chi connectivity index (χ3n) is 4.61. The maximum atomic E-state index is 12.4. The molecule has 0 saturated heterocycles. The number of carbonyl (C=O) groups excluding carboxylic acids is 3. The Bertz CT molecular complexity index is 1270. The summed E-state index contributed by atoms with van der Waals surface area (Å²) in [7, 11) is 0. The Balaban J connectivity index is 1.28. The number of nitrogens with one attached hydrogen (secondary N) is 3. The van der Waals surface area contributed by atoms with Crippen LogP contribution in [-0.2, 0) is 10.5 Å². The molecular formula is C24H20N4O3S2. The van der Waals surface area contributed by atoms with E-state index in [9.17, 15) is 14.4 Å². The third-order valence-corrected chi connectivity index (χ3v) is 6.86. The molecule has 9 heteroatoms. The van der Waals surface area contributed by atoms with Gasteiger partial charge in [0.05, 0.1) is 10.2 Å². The molecule has 0 radical (unpaired) electrons. The summed E-state index contributed by atoms with van der Waals surface area (Å²) >= 11 is 3.32. The fourth-order valence-corrected chi connectivity index (χ4v) is 5.00. The van der Waals surface area contributed by atoms with Gasteiger partial charge in [0.25, 0.3) is 11.8 Å². The van der Waals surface area contributed by atoms with E-state index in [0.29, 0.717) is 16.8 Å². The Labute approximate surface area is 198 Å². The van der Waals surface area contributed by atoms with Crippen molar-refractivity contribution in [1.29, 1.82) is 0 Å². The van der Waals surface area contributed by atoms with Crippen LogP contribution in [0.4, 0.5) is 5.69 Å². The molecule has 166 valence electrons. The maximum absolute atomic E-state index is 12.4. The molecular weight excluding hydrogens is 456 g/mol. The number of thiazole rings is 1. The van der Waals surface area contributed by atoms with Gasteiger partial charge in [0.2, 0.25) is 5.91 Å². The zero-order valence-electron chi connectivity index (χ0n) is 17.6. The van der Waals surface area contributed by atoms with E-state index < -0.39 is 11.8 Å². The Morgan fingerprint density at radius 3 is 2.06 bits per heavy atom. The summed E-state index contributed by atoms with van der Waals surface area (Å²) in [5.41, 5.74) is 8.26. The predicted octanol–water partition coefficient (Wildman–Crippen LogP) is 4.62. The van der Waals surface area contributed by atoms with Gasteiger partial charge in [-0.15, -0.1) is 11.3 Å². The summed E-state index contributed by atoms with van der Waals surface area (Å²) in [5.74, 6) is -0.321. The molecule has 3 amide bonds. The minimum absolute atomic E-state index is 0.194. The highest BCUT2D eigenvalue weighted by molar-refractivity contribution is 8.00. The van der Waals surface area contributed by atoms with Crippen LogP contribution in [0.2, 0.25) is 0 Å². The van der Waals surface area contributed by atoms with E-state index in [1.165, 1.54) is 6.92 Å². The lowest BCUT2D eigenvalue weighted by Crippen LogP contribution is -2.41. The molecule has 0 aliphatic carbocycles. The summed E-state index contributed by atoms with van der Waals surface area (Å²) in [6, 6.07) is 21.6. The molecule has 3 N–H and O–H groups in total. The van der Waals surface area contributed by atoms with Crippen LogP contribution in [0.15, 0.2) is 77.1 Å². The number of benzene rings is 3. The zero-order chi connectivity index (χ0) is 23.2. The number of amides is 3. The van der Waals surface area contributed by atoms with Crippen molar-refractivity contribution in [2.45, 2.75) is 17.0 Å². The van der Waals surface area contributed by atoms with Gasteiger partial charge < -0.3 is 5.32 Å². The number of para-hydroxylation sites is 1. The van der Waals surface area contributed by atoms with Crippen LogP contribution < -0.4 is 16.2 Å². The predicted molar refractivity (Wildman–Crippen MR) is 131 cm³/mol. The summed E-state index contributed by atoms with van der Waals surface area (Å²) in [5, 5.41) is 2.63. The van der Waals surface area contributed by atoms with Crippen LogP contribution in [0.25, 0.3) is 10.2 Å². The van der Waals surface area contributed by atoms with E-state index in [0.717, 1.165) is 25.9 Å². The molecule has 1 aromatic heterocycles. The molecule has 0 bridgehead atoms. The van der Waals surface area contributed by atoms with E-state index >= 15 is 0 Å². The molecule has 0 aliphatic heterocycles. The first-order chi connectivity index (χ1) is 16.0. The van der Waals surface area contributed by atoms with Gasteiger partial charge in [-0.2, -0.15) is 0 Å². The van der Waals surface area contributed by atoms with Crippen LogP contribution in [0.5, 0.6) is 0 Å². The quantitative estimate of drug-likeness (QED) is 0.278. The lowest BCUT2D eigenvalue weighted by molar-refractivity contribution is -0.114. The topological polar surface area (TPSA) is 100 Å². The maximum Gasteiger partial charge on any atom is 0.269 e. The van der Waals surface area contributed by atoms with Gasteiger partial charge in [-0.1, -0.05) is 36.0 Å². The molecule has 33 heavy (non-hydrogen) atoms. The number of rotatable bonds is 6. The second-order valence-electron chi connectivity index (χ2n) is 7.10. The van der Waals surface area contributed by atoms with Crippen molar-refractivity contribution in [2.24, 2.45) is 0 Å². The third kappa shape index (κ3) is 5.97. The molecule has 0 fully saturated rings. The fourth-order valence-electron chi connectivity index (χ4n) is 2.98. The molecule has 3 aromatic carbocycles. The average Bonchev–Trinajstić information content (AvgIpc) is 3.24. The van der Waals surface area contributed by atoms with Crippen molar-refractivity contribution in [3.8, 4) is 0 Å². The molecule has 0 atom stereocenters. The van der Waals surface area contributed by atoms with Crippen molar-refractivity contribution in [3.05, 3.63) is 89.5 Å². The fraction of sp³-hybridized carbons (Fsp3) is 0.0833. The normalized spacial score (nSPS) is 10.6. The van der Waals surface area contributed by atoms with Crippen molar-refractivity contribution in [2.75, 3.05) is 5.32 Å². The first kappa shape index (κ1) is 22.5. The number of fused-ring (bicyclic) bond motifs is 1. The highest BCUT2D eigenvalue weighted by Gasteiger charge is 2.10. The molecule has 4 aromatic rings. The number of hydrogen-bond acceptors (Lipinski definition) is 6. The standard InChI is InChI=1S/C24H20N4O3S2/c1-15(29)25-19-12-10-18(11-13-19)23(31)28-27-22(30)17-8-6-16(7-9-17)14-32-24-26-20-4-2-3-5-21(20)33-24/h2-13H,14H2,1H3,(H,25,29)(H,27,30)(H,28,31). The van der Waals surface area contributed by atoms with E-state index in [1.54, 1.807) is 59.5 Å².